The SMILES string of the molecule is CCCCC(Cc1ncnn1CCC)NC. The summed E-state index contributed by atoms with van der Waals surface area (Å²) in [6.45, 7) is 5.37. The van der Waals surface area contributed by atoms with E-state index in [-0.39, 0.29) is 0 Å². The summed E-state index contributed by atoms with van der Waals surface area (Å²) in [5, 5.41) is 7.61. The second-order valence-corrected chi connectivity index (χ2v) is 4.23. The maximum Gasteiger partial charge on any atom is 0.138 e. The number of hydrogen-bond acceptors (Lipinski definition) is 3. The number of nitrogens with zero attached hydrogens (tertiary/aromatic N) is 3. The van der Waals surface area contributed by atoms with Crippen molar-refractivity contribution in [1.29, 1.82) is 0 Å². The maximum atomic E-state index is 4.34. The van der Waals surface area contributed by atoms with Gasteiger partial charge < -0.3 is 5.32 Å². The van der Waals surface area contributed by atoms with Crippen molar-refractivity contribution in [3.63, 3.8) is 0 Å². The first-order valence-electron chi connectivity index (χ1n) is 6.35. The molecule has 92 valence electrons. The van der Waals surface area contributed by atoms with Crippen LogP contribution in [0.4, 0.5) is 0 Å². The zero-order valence-corrected chi connectivity index (χ0v) is 10.7. The Morgan fingerprint density at radius 1 is 1.38 bits per heavy atom. The number of unbranched alkanes of at least 4 members (excludes halogenated alkanes) is 1. The quantitative estimate of drug-likeness (QED) is 0.734. The van der Waals surface area contributed by atoms with E-state index in [1.54, 1.807) is 6.33 Å². The zero-order chi connectivity index (χ0) is 11.8. The van der Waals surface area contributed by atoms with Crippen LogP contribution >= 0.6 is 0 Å². The first kappa shape index (κ1) is 13.2. The van der Waals surface area contributed by atoms with Crippen LogP contribution in [-0.2, 0) is 13.0 Å². The second-order valence-electron chi connectivity index (χ2n) is 4.23. The van der Waals surface area contributed by atoms with Crippen molar-refractivity contribution in [2.75, 3.05) is 7.05 Å². The largest absolute Gasteiger partial charge is 0.317 e. The highest BCUT2D eigenvalue weighted by atomic mass is 15.3. The van der Waals surface area contributed by atoms with Gasteiger partial charge in [-0.05, 0) is 19.9 Å². The van der Waals surface area contributed by atoms with Crippen LogP contribution in [-0.4, -0.2) is 27.9 Å². The van der Waals surface area contributed by atoms with Crippen LogP contribution in [0.2, 0.25) is 0 Å². The molecule has 0 radical (unpaired) electrons. The minimum atomic E-state index is 0.528. The fourth-order valence-electron chi connectivity index (χ4n) is 1.86. The highest BCUT2D eigenvalue weighted by Gasteiger charge is 2.11. The normalized spacial score (nSPS) is 12.9. The maximum absolute atomic E-state index is 4.34. The summed E-state index contributed by atoms with van der Waals surface area (Å²) in [4.78, 5) is 4.34. The first-order valence-corrected chi connectivity index (χ1v) is 6.35. The lowest BCUT2D eigenvalue weighted by Crippen LogP contribution is -2.29. The van der Waals surface area contributed by atoms with Crippen molar-refractivity contribution in [3.8, 4) is 0 Å². The van der Waals surface area contributed by atoms with Crippen LogP contribution in [0.1, 0.15) is 45.4 Å². The van der Waals surface area contributed by atoms with Gasteiger partial charge in [0.15, 0.2) is 0 Å². The molecule has 0 aromatic carbocycles. The third kappa shape index (κ3) is 3.93. The molecule has 0 fully saturated rings. The van der Waals surface area contributed by atoms with E-state index in [4.69, 9.17) is 0 Å². The van der Waals surface area contributed by atoms with E-state index < -0.39 is 0 Å². The predicted molar refractivity (Wildman–Crippen MR) is 66.4 cm³/mol. The lowest BCUT2D eigenvalue weighted by Gasteiger charge is -2.15. The molecule has 1 N–H and O–H groups in total. The van der Waals surface area contributed by atoms with Crippen LogP contribution in [0.15, 0.2) is 6.33 Å². The molecule has 1 heterocycles. The van der Waals surface area contributed by atoms with Gasteiger partial charge in [-0.3, -0.25) is 4.68 Å². The van der Waals surface area contributed by atoms with Gasteiger partial charge >= 0.3 is 0 Å². The van der Waals surface area contributed by atoms with E-state index >= 15 is 0 Å². The van der Waals surface area contributed by atoms with Crippen molar-refractivity contribution in [3.05, 3.63) is 12.2 Å². The highest BCUT2D eigenvalue weighted by molar-refractivity contribution is 4.89. The number of aryl methyl sites for hydroxylation is 1. The number of hydrogen-bond donors (Lipinski definition) is 1. The molecule has 0 saturated carbocycles. The van der Waals surface area contributed by atoms with Gasteiger partial charge in [0.25, 0.3) is 0 Å². The molecule has 1 rings (SSSR count). The highest BCUT2D eigenvalue weighted by Crippen LogP contribution is 2.07. The minimum absolute atomic E-state index is 0.528. The Balaban J connectivity index is 2.51. The molecule has 0 aliphatic heterocycles. The lowest BCUT2D eigenvalue weighted by molar-refractivity contribution is 0.467. The number of likely N-dealkylation sites (N-methyl/N-ethyl adjacent to an activating group) is 1. The van der Waals surface area contributed by atoms with E-state index in [1.165, 1.54) is 19.3 Å². The molecular weight excluding hydrogens is 200 g/mol. The summed E-state index contributed by atoms with van der Waals surface area (Å²) in [7, 11) is 2.03. The molecular formula is C12H24N4. The average molecular weight is 224 g/mol. The van der Waals surface area contributed by atoms with Gasteiger partial charge in [-0.2, -0.15) is 5.10 Å². The number of rotatable bonds is 8. The summed E-state index contributed by atoms with van der Waals surface area (Å²) < 4.78 is 2.02. The van der Waals surface area contributed by atoms with Gasteiger partial charge in [0.1, 0.15) is 12.2 Å². The van der Waals surface area contributed by atoms with Crippen LogP contribution in [0.25, 0.3) is 0 Å². The smallest absolute Gasteiger partial charge is 0.138 e. The fraction of sp³-hybridized carbons (Fsp3) is 0.833. The molecule has 0 aliphatic rings. The van der Waals surface area contributed by atoms with Crippen LogP contribution < -0.4 is 5.32 Å². The summed E-state index contributed by atoms with van der Waals surface area (Å²) in [6.07, 6.45) is 7.49. The van der Waals surface area contributed by atoms with E-state index in [2.05, 4.69) is 29.2 Å². The fourth-order valence-corrected chi connectivity index (χ4v) is 1.86. The Morgan fingerprint density at radius 2 is 2.19 bits per heavy atom. The number of nitrogens with one attached hydrogen (secondary N) is 1. The summed E-state index contributed by atoms with van der Waals surface area (Å²) in [5.41, 5.74) is 0. The van der Waals surface area contributed by atoms with Crippen molar-refractivity contribution in [2.45, 2.75) is 58.5 Å². The zero-order valence-electron chi connectivity index (χ0n) is 10.7. The van der Waals surface area contributed by atoms with Crippen LogP contribution in [0.3, 0.4) is 0 Å². The van der Waals surface area contributed by atoms with Gasteiger partial charge in [-0.1, -0.05) is 26.7 Å². The third-order valence-corrected chi connectivity index (χ3v) is 2.87. The van der Waals surface area contributed by atoms with Crippen LogP contribution in [0.5, 0.6) is 0 Å². The minimum Gasteiger partial charge on any atom is -0.317 e. The van der Waals surface area contributed by atoms with Crippen molar-refractivity contribution < 1.29 is 0 Å². The summed E-state index contributed by atoms with van der Waals surface area (Å²) >= 11 is 0. The molecule has 16 heavy (non-hydrogen) atoms. The van der Waals surface area contributed by atoms with Crippen LogP contribution in [0, 0.1) is 0 Å². The molecule has 4 heteroatoms. The summed E-state index contributed by atoms with van der Waals surface area (Å²) in [6, 6.07) is 0.528. The Hall–Kier alpha value is -0.900. The van der Waals surface area contributed by atoms with Crippen molar-refractivity contribution in [2.24, 2.45) is 0 Å². The van der Waals surface area contributed by atoms with E-state index in [9.17, 15) is 0 Å². The Kier molecular flexibility index (Phi) is 6.08. The Morgan fingerprint density at radius 3 is 2.81 bits per heavy atom. The molecule has 1 unspecified atom stereocenters. The van der Waals surface area contributed by atoms with Gasteiger partial charge in [-0.15, -0.1) is 0 Å². The molecule has 1 atom stereocenters. The molecule has 1 aromatic rings. The molecule has 4 nitrogen and oxygen atoms in total. The topological polar surface area (TPSA) is 42.7 Å². The monoisotopic (exact) mass is 224 g/mol. The van der Waals surface area contributed by atoms with Gasteiger partial charge in [0.05, 0.1) is 0 Å². The Labute approximate surface area is 98.5 Å². The van der Waals surface area contributed by atoms with Gasteiger partial charge in [-0.25, -0.2) is 4.98 Å². The standard InChI is InChI=1S/C12H24N4/c1-4-6-7-11(13-3)9-12-14-10-15-16(12)8-5-2/h10-11,13H,4-9H2,1-3H3. The van der Waals surface area contributed by atoms with Crippen molar-refractivity contribution >= 4 is 0 Å². The van der Waals surface area contributed by atoms with Gasteiger partial charge in [0, 0.05) is 19.0 Å². The second kappa shape index (κ2) is 7.39. The molecule has 0 bridgehead atoms. The first-order chi connectivity index (χ1) is 7.81. The average Bonchev–Trinajstić information content (AvgIpc) is 2.72. The van der Waals surface area contributed by atoms with Crippen molar-refractivity contribution in [1.82, 2.24) is 20.1 Å². The number of aromatic nitrogens is 3. The van der Waals surface area contributed by atoms with E-state index in [0.717, 1.165) is 25.2 Å². The molecule has 0 aliphatic carbocycles. The third-order valence-electron chi connectivity index (χ3n) is 2.87. The van der Waals surface area contributed by atoms with Gasteiger partial charge in [0.2, 0.25) is 0 Å². The van der Waals surface area contributed by atoms with E-state index in [0.29, 0.717) is 6.04 Å². The summed E-state index contributed by atoms with van der Waals surface area (Å²) in [5.74, 6) is 1.11. The van der Waals surface area contributed by atoms with E-state index in [1.807, 2.05) is 11.7 Å². The molecule has 1 aromatic heterocycles. The molecule has 0 amide bonds. The Bertz CT molecular complexity index is 282. The lowest BCUT2D eigenvalue weighted by atomic mass is 10.1. The predicted octanol–water partition coefficient (Wildman–Crippen LogP) is 2.01. The molecule has 0 spiro atoms. The molecule has 0 saturated heterocycles.